The lowest BCUT2D eigenvalue weighted by atomic mass is 10.1. The molecule has 0 aliphatic carbocycles. The molecule has 0 saturated heterocycles. The van der Waals surface area contributed by atoms with Crippen molar-refractivity contribution >= 4 is 17.0 Å². The standard InChI is InChI=1S/C20H22N2O3/c1-5-21-16-8-6-7-9-17(16)22(20(21)24)12-18(23)25-19-14(3)11-10-13(2)15(19)4/h6-11H,5,12H2,1-4H3. The van der Waals surface area contributed by atoms with Crippen LogP contribution in [0.5, 0.6) is 5.75 Å². The van der Waals surface area contributed by atoms with Crippen molar-refractivity contribution in [1.82, 2.24) is 9.13 Å². The summed E-state index contributed by atoms with van der Waals surface area (Å²) in [5.41, 5.74) is 4.28. The molecule has 0 radical (unpaired) electrons. The number of benzene rings is 2. The van der Waals surface area contributed by atoms with E-state index in [0.717, 1.165) is 27.7 Å². The average Bonchev–Trinajstić information content (AvgIpc) is 2.87. The maximum absolute atomic E-state index is 12.6. The molecule has 3 aromatic rings. The van der Waals surface area contributed by atoms with Crippen LogP contribution in [0.4, 0.5) is 0 Å². The van der Waals surface area contributed by atoms with E-state index in [4.69, 9.17) is 4.74 Å². The number of hydrogen-bond acceptors (Lipinski definition) is 3. The van der Waals surface area contributed by atoms with Crippen LogP contribution in [0.25, 0.3) is 11.0 Å². The molecule has 0 bridgehead atoms. The summed E-state index contributed by atoms with van der Waals surface area (Å²) in [5, 5.41) is 0. The maximum atomic E-state index is 12.6. The van der Waals surface area contributed by atoms with Crippen LogP contribution in [0, 0.1) is 20.8 Å². The second-order valence-corrected chi connectivity index (χ2v) is 6.23. The molecule has 0 spiro atoms. The minimum Gasteiger partial charge on any atom is -0.425 e. The topological polar surface area (TPSA) is 53.2 Å². The van der Waals surface area contributed by atoms with Crippen LogP contribution in [0.3, 0.4) is 0 Å². The summed E-state index contributed by atoms with van der Waals surface area (Å²) >= 11 is 0. The SMILES string of the molecule is CCn1c(=O)n(CC(=O)Oc2c(C)ccc(C)c2C)c2ccccc21. The highest BCUT2D eigenvalue weighted by Crippen LogP contribution is 2.26. The van der Waals surface area contributed by atoms with Gasteiger partial charge in [-0.25, -0.2) is 9.59 Å². The molecule has 0 aliphatic rings. The smallest absolute Gasteiger partial charge is 0.331 e. The molecule has 1 heterocycles. The van der Waals surface area contributed by atoms with Crippen LogP contribution in [-0.2, 0) is 17.9 Å². The predicted molar refractivity (Wildman–Crippen MR) is 98.2 cm³/mol. The van der Waals surface area contributed by atoms with Gasteiger partial charge in [-0.15, -0.1) is 0 Å². The number of esters is 1. The second kappa shape index (κ2) is 6.59. The first kappa shape index (κ1) is 17.0. The quantitative estimate of drug-likeness (QED) is 0.541. The van der Waals surface area contributed by atoms with Gasteiger partial charge >= 0.3 is 11.7 Å². The molecule has 0 N–H and O–H groups in total. The first-order valence-electron chi connectivity index (χ1n) is 8.39. The molecule has 3 rings (SSSR count). The minimum atomic E-state index is -0.446. The summed E-state index contributed by atoms with van der Waals surface area (Å²) in [6.07, 6.45) is 0. The highest BCUT2D eigenvalue weighted by atomic mass is 16.5. The van der Waals surface area contributed by atoms with Gasteiger partial charge in [0.2, 0.25) is 0 Å². The molecule has 5 nitrogen and oxygen atoms in total. The fourth-order valence-corrected chi connectivity index (χ4v) is 3.09. The largest absolute Gasteiger partial charge is 0.425 e. The number of para-hydroxylation sites is 2. The van der Waals surface area contributed by atoms with E-state index in [0.29, 0.717) is 12.3 Å². The second-order valence-electron chi connectivity index (χ2n) is 6.23. The van der Waals surface area contributed by atoms with E-state index in [9.17, 15) is 9.59 Å². The maximum Gasteiger partial charge on any atom is 0.331 e. The Morgan fingerprint density at radius 3 is 2.20 bits per heavy atom. The van der Waals surface area contributed by atoms with Crippen molar-refractivity contribution in [2.24, 2.45) is 0 Å². The molecular formula is C20H22N2O3. The van der Waals surface area contributed by atoms with Crippen LogP contribution in [0.1, 0.15) is 23.6 Å². The van der Waals surface area contributed by atoms with Gasteiger partial charge in [0.25, 0.3) is 0 Å². The molecule has 2 aromatic carbocycles. The van der Waals surface area contributed by atoms with E-state index in [1.165, 1.54) is 4.57 Å². The molecule has 0 unspecified atom stereocenters. The van der Waals surface area contributed by atoms with Crippen molar-refractivity contribution < 1.29 is 9.53 Å². The van der Waals surface area contributed by atoms with Crippen LogP contribution in [-0.4, -0.2) is 15.1 Å². The van der Waals surface area contributed by atoms with Crippen molar-refractivity contribution in [3.05, 3.63) is 63.6 Å². The van der Waals surface area contributed by atoms with E-state index in [1.54, 1.807) is 4.57 Å². The number of hydrogen-bond donors (Lipinski definition) is 0. The molecule has 1 aromatic heterocycles. The Morgan fingerprint density at radius 2 is 1.56 bits per heavy atom. The highest BCUT2D eigenvalue weighted by Gasteiger charge is 2.17. The van der Waals surface area contributed by atoms with Gasteiger partial charge < -0.3 is 4.74 Å². The van der Waals surface area contributed by atoms with Crippen molar-refractivity contribution in [3.63, 3.8) is 0 Å². The lowest BCUT2D eigenvalue weighted by Crippen LogP contribution is -2.28. The average molecular weight is 338 g/mol. The molecule has 130 valence electrons. The number of ether oxygens (including phenoxy) is 1. The molecule has 25 heavy (non-hydrogen) atoms. The summed E-state index contributed by atoms with van der Waals surface area (Å²) in [7, 11) is 0. The Morgan fingerprint density at radius 1 is 0.960 bits per heavy atom. The van der Waals surface area contributed by atoms with Gasteiger partial charge in [0.05, 0.1) is 11.0 Å². The summed E-state index contributed by atoms with van der Waals surface area (Å²) < 4.78 is 8.73. The van der Waals surface area contributed by atoms with Crippen LogP contribution in [0.2, 0.25) is 0 Å². The summed E-state index contributed by atoms with van der Waals surface area (Å²) in [4.78, 5) is 25.1. The molecular weight excluding hydrogens is 316 g/mol. The normalized spacial score (nSPS) is 11.0. The highest BCUT2D eigenvalue weighted by molar-refractivity contribution is 5.79. The third-order valence-corrected chi connectivity index (χ3v) is 4.62. The Kier molecular flexibility index (Phi) is 4.49. The van der Waals surface area contributed by atoms with Gasteiger partial charge in [-0.1, -0.05) is 24.3 Å². The van der Waals surface area contributed by atoms with Gasteiger partial charge in [-0.3, -0.25) is 9.13 Å². The zero-order chi connectivity index (χ0) is 18.1. The van der Waals surface area contributed by atoms with E-state index < -0.39 is 5.97 Å². The summed E-state index contributed by atoms with van der Waals surface area (Å²) in [6, 6.07) is 11.4. The molecule has 0 aliphatic heterocycles. The van der Waals surface area contributed by atoms with E-state index in [1.807, 2.05) is 64.1 Å². The molecule has 0 saturated carbocycles. The number of nitrogens with zero attached hydrogens (tertiary/aromatic N) is 2. The number of aryl methyl sites for hydroxylation is 3. The Balaban J connectivity index is 1.95. The lowest BCUT2D eigenvalue weighted by molar-refractivity contribution is -0.135. The van der Waals surface area contributed by atoms with Crippen molar-refractivity contribution in [2.75, 3.05) is 0 Å². The molecule has 0 atom stereocenters. The molecule has 0 fully saturated rings. The van der Waals surface area contributed by atoms with Gasteiger partial charge in [0, 0.05) is 6.54 Å². The van der Waals surface area contributed by atoms with E-state index in [-0.39, 0.29) is 12.2 Å². The van der Waals surface area contributed by atoms with Gasteiger partial charge in [0.1, 0.15) is 12.3 Å². The summed E-state index contributed by atoms with van der Waals surface area (Å²) in [5.74, 6) is 0.134. The number of rotatable bonds is 4. The van der Waals surface area contributed by atoms with Crippen molar-refractivity contribution in [2.45, 2.75) is 40.8 Å². The number of fused-ring (bicyclic) bond motifs is 1. The van der Waals surface area contributed by atoms with Gasteiger partial charge in [-0.2, -0.15) is 0 Å². The Labute approximate surface area is 146 Å². The Bertz CT molecular complexity index is 1010. The molecule has 0 amide bonds. The predicted octanol–water partition coefficient (Wildman–Crippen LogP) is 3.35. The third-order valence-electron chi connectivity index (χ3n) is 4.62. The number of carbonyl (C=O) groups excluding carboxylic acids is 1. The first-order chi connectivity index (χ1) is 11.9. The molecule has 5 heteroatoms. The van der Waals surface area contributed by atoms with Gasteiger partial charge in [0.15, 0.2) is 0 Å². The Hall–Kier alpha value is -2.82. The van der Waals surface area contributed by atoms with E-state index in [2.05, 4.69) is 0 Å². The fraction of sp³-hybridized carbons (Fsp3) is 0.300. The number of carbonyl (C=O) groups is 1. The minimum absolute atomic E-state index is 0.112. The van der Waals surface area contributed by atoms with Crippen LogP contribution >= 0.6 is 0 Å². The van der Waals surface area contributed by atoms with Gasteiger partial charge in [-0.05, 0) is 56.5 Å². The fourth-order valence-electron chi connectivity index (χ4n) is 3.09. The number of imidazole rings is 1. The van der Waals surface area contributed by atoms with Crippen molar-refractivity contribution in [1.29, 1.82) is 0 Å². The zero-order valence-electron chi connectivity index (χ0n) is 15.0. The lowest BCUT2D eigenvalue weighted by Gasteiger charge is -2.12. The first-order valence-corrected chi connectivity index (χ1v) is 8.39. The van der Waals surface area contributed by atoms with E-state index >= 15 is 0 Å². The zero-order valence-corrected chi connectivity index (χ0v) is 15.0. The van der Waals surface area contributed by atoms with Crippen LogP contribution in [0.15, 0.2) is 41.2 Å². The summed E-state index contributed by atoms with van der Waals surface area (Å²) in [6.45, 7) is 8.17. The third kappa shape index (κ3) is 2.97. The monoisotopic (exact) mass is 338 g/mol. The number of aromatic nitrogens is 2. The van der Waals surface area contributed by atoms with Crippen LogP contribution < -0.4 is 10.4 Å². The van der Waals surface area contributed by atoms with Crippen molar-refractivity contribution in [3.8, 4) is 5.75 Å².